The van der Waals surface area contributed by atoms with Crippen molar-refractivity contribution in [3.8, 4) is 0 Å². The zero-order valence-electron chi connectivity index (χ0n) is 13.5. The molecule has 0 atom stereocenters. The molecule has 1 aromatic rings. The Morgan fingerprint density at radius 3 is 2.00 bits per heavy atom. The van der Waals surface area contributed by atoms with E-state index in [1.807, 2.05) is 27.7 Å². The Morgan fingerprint density at radius 2 is 1.57 bits per heavy atom. The van der Waals surface area contributed by atoms with Crippen LogP contribution >= 0.6 is 10.3 Å². The summed E-state index contributed by atoms with van der Waals surface area (Å²) in [7, 11) is -5.61. The predicted octanol–water partition coefficient (Wildman–Crippen LogP) is 3.37. The minimum atomic E-state index is -3.72. The van der Waals surface area contributed by atoms with Crippen LogP contribution < -0.4 is 0 Å². The number of hydrogen-bond donors (Lipinski definition) is 0. The molecule has 4 nitrogen and oxygen atoms in total. The second kappa shape index (κ2) is 6.10. The molecule has 0 bridgehead atoms. The molecule has 0 saturated carbocycles. The van der Waals surface area contributed by atoms with Crippen molar-refractivity contribution >= 4 is 26.2 Å². The van der Waals surface area contributed by atoms with Crippen LogP contribution in [0, 0.1) is 12.3 Å². The van der Waals surface area contributed by atoms with Crippen LogP contribution in [0.15, 0.2) is 29.2 Å². The SMILES string of the molecule is Cc1ccc(S(=O)(=O)[OH+]S(C)(C)CC(=O)C(C)(C)C)cc1. The van der Waals surface area contributed by atoms with Gasteiger partial charge in [0, 0.05) is 17.9 Å². The monoisotopic (exact) mass is 333 g/mol. The van der Waals surface area contributed by atoms with Crippen LogP contribution in [-0.2, 0) is 14.9 Å². The summed E-state index contributed by atoms with van der Waals surface area (Å²) in [6, 6.07) is 6.58. The standard InChI is InChI=1S/C15H24O4S2/c1-12-7-9-13(10-8-12)21(17,18)19-20(5,6)11-14(16)15(2,3)4/h7-10H,11H2,1-6H3/p+1. The molecular formula is C15H25O4S2+. The average molecular weight is 333 g/mol. The Labute approximate surface area is 129 Å². The van der Waals surface area contributed by atoms with Crippen molar-refractivity contribution in [2.75, 3.05) is 18.3 Å². The number of ketones is 1. The van der Waals surface area contributed by atoms with E-state index in [0.717, 1.165) is 5.56 Å². The van der Waals surface area contributed by atoms with Gasteiger partial charge in [-0.1, -0.05) is 38.5 Å². The lowest BCUT2D eigenvalue weighted by Crippen LogP contribution is -2.29. The number of Topliss-reactive ketones (excluding diaryl/α,β-unsaturated/α-hetero) is 1. The molecule has 0 saturated heterocycles. The first-order valence-corrected chi connectivity index (χ1v) is 10.7. The van der Waals surface area contributed by atoms with Crippen molar-refractivity contribution in [1.29, 1.82) is 0 Å². The van der Waals surface area contributed by atoms with Crippen LogP contribution in [0.5, 0.6) is 0 Å². The Balaban J connectivity index is 2.92. The van der Waals surface area contributed by atoms with Gasteiger partial charge >= 0.3 is 10.1 Å². The number of rotatable bonds is 5. The van der Waals surface area contributed by atoms with Crippen LogP contribution in [0.2, 0.25) is 0 Å². The molecule has 0 aliphatic rings. The van der Waals surface area contributed by atoms with Gasteiger partial charge in [-0.3, -0.25) is 8.42 Å². The maximum absolute atomic E-state index is 12.3. The highest BCUT2D eigenvalue weighted by Gasteiger charge is 2.35. The predicted molar refractivity (Wildman–Crippen MR) is 89.8 cm³/mol. The largest absolute Gasteiger partial charge is 0.421 e. The second-order valence-electron chi connectivity index (χ2n) is 6.66. The molecule has 0 spiro atoms. The molecule has 0 aliphatic heterocycles. The smallest absolute Gasteiger partial charge is 0.298 e. The van der Waals surface area contributed by atoms with Crippen LogP contribution in [0.1, 0.15) is 26.3 Å². The quantitative estimate of drug-likeness (QED) is 0.613. The maximum atomic E-state index is 12.3. The molecule has 120 valence electrons. The van der Waals surface area contributed by atoms with E-state index in [1.54, 1.807) is 36.8 Å². The summed E-state index contributed by atoms with van der Waals surface area (Å²) in [6.45, 7) is 7.39. The summed E-state index contributed by atoms with van der Waals surface area (Å²) >= 11 is 0. The van der Waals surface area contributed by atoms with Crippen molar-refractivity contribution in [2.24, 2.45) is 5.41 Å². The summed E-state index contributed by atoms with van der Waals surface area (Å²) in [5.74, 6) is 0.215. The molecular weight excluding hydrogens is 308 g/mol. The first kappa shape index (κ1) is 18.2. The summed E-state index contributed by atoms with van der Waals surface area (Å²) in [6.07, 6.45) is 3.50. The average Bonchev–Trinajstić information content (AvgIpc) is 2.25. The number of carbonyl (C=O) groups is 1. The summed E-state index contributed by atoms with van der Waals surface area (Å²) < 4.78 is 28.7. The molecule has 21 heavy (non-hydrogen) atoms. The summed E-state index contributed by atoms with van der Waals surface area (Å²) in [5.41, 5.74) is 0.511. The van der Waals surface area contributed by atoms with E-state index in [1.165, 1.54) is 0 Å². The molecule has 6 heteroatoms. The van der Waals surface area contributed by atoms with Crippen LogP contribution in [0.3, 0.4) is 0 Å². The molecule has 1 aromatic carbocycles. The van der Waals surface area contributed by atoms with Crippen LogP contribution in [-0.4, -0.2) is 36.1 Å². The highest BCUT2D eigenvalue weighted by Crippen LogP contribution is 2.43. The fourth-order valence-electron chi connectivity index (χ4n) is 1.58. The van der Waals surface area contributed by atoms with Gasteiger partial charge in [-0.15, -0.1) is 8.42 Å². The lowest BCUT2D eigenvalue weighted by molar-refractivity contribution is -0.123. The van der Waals surface area contributed by atoms with Crippen molar-refractivity contribution in [3.05, 3.63) is 29.8 Å². The Bertz CT molecular complexity index is 608. The zero-order valence-corrected chi connectivity index (χ0v) is 15.1. The van der Waals surface area contributed by atoms with E-state index < -0.39 is 25.8 Å². The van der Waals surface area contributed by atoms with Gasteiger partial charge < -0.3 is 0 Å². The van der Waals surface area contributed by atoms with E-state index in [4.69, 9.17) is 0 Å². The van der Waals surface area contributed by atoms with Gasteiger partial charge in [0.25, 0.3) is 0 Å². The Kier molecular flexibility index (Phi) is 5.29. The lowest BCUT2D eigenvalue weighted by Gasteiger charge is -2.27. The van der Waals surface area contributed by atoms with Gasteiger partial charge in [-0.05, 0) is 29.4 Å². The van der Waals surface area contributed by atoms with Crippen molar-refractivity contribution < 1.29 is 16.8 Å². The minimum Gasteiger partial charge on any atom is -0.298 e. The van der Waals surface area contributed by atoms with Gasteiger partial charge in [0.1, 0.15) is 4.90 Å². The van der Waals surface area contributed by atoms with E-state index in [0.29, 0.717) is 0 Å². The maximum Gasteiger partial charge on any atom is 0.421 e. The van der Waals surface area contributed by atoms with Crippen LogP contribution in [0.4, 0.5) is 0 Å². The zero-order chi connectivity index (χ0) is 16.5. The molecule has 1 N–H and O–H groups in total. The molecule has 0 fully saturated rings. The van der Waals surface area contributed by atoms with Crippen molar-refractivity contribution in [3.63, 3.8) is 0 Å². The Hall–Kier alpha value is -0.850. The van der Waals surface area contributed by atoms with Crippen molar-refractivity contribution in [1.82, 2.24) is 0 Å². The van der Waals surface area contributed by atoms with E-state index >= 15 is 0 Å². The van der Waals surface area contributed by atoms with Crippen LogP contribution in [0.25, 0.3) is 0 Å². The molecule has 0 heterocycles. The van der Waals surface area contributed by atoms with Crippen molar-refractivity contribution in [2.45, 2.75) is 32.6 Å². The molecule has 0 amide bonds. The normalized spacial score (nSPS) is 14.0. The van der Waals surface area contributed by atoms with Gasteiger partial charge in [-0.2, -0.15) is 0 Å². The number of benzene rings is 1. The Morgan fingerprint density at radius 1 is 1.10 bits per heavy atom. The van der Waals surface area contributed by atoms with Gasteiger partial charge in [0.05, 0.1) is 5.75 Å². The first-order valence-electron chi connectivity index (χ1n) is 6.64. The summed E-state index contributed by atoms with van der Waals surface area (Å²) in [4.78, 5) is 12.3. The first-order chi connectivity index (χ1) is 9.33. The molecule has 0 radical (unpaired) electrons. The number of carbonyl (C=O) groups excluding carboxylic acids is 1. The fourth-order valence-corrected chi connectivity index (χ4v) is 5.82. The topological polar surface area (TPSA) is 64.0 Å². The third-order valence-electron chi connectivity index (χ3n) is 2.94. The molecule has 1 rings (SSSR count). The number of aryl methyl sites for hydroxylation is 1. The highest BCUT2D eigenvalue weighted by atomic mass is 32.3. The third-order valence-corrected chi connectivity index (χ3v) is 7.18. The van der Waals surface area contributed by atoms with E-state index in [9.17, 15) is 13.2 Å². The molecule has 0 aliphatic carbocycles. The minimum absolute atomic E-state index is 0.0327. The molecule has 0 aromatic heterocycles. The number of hydrogen-bond acceptors (Lipinski definition) is 3. The molecule has 0 unspecified atom stereocenters. The second-order valence-corrected chi connectivity index (χ2v) is 11.9. The van der Waals surface area contributed by atoms with Gasteiger partial charge in [0.2, 0.25) is 0 Å². The summed E-state index contributed by atoms with van der Waals surface area (Å²) in [5, 5.41) is 0. The lowest BCUT2D eigenvalue weighted by atomic mass is 9.92. The third kappa shape index (κ3) is 5.45. The fraction of sp³-hybridized carbons (Fsp3) is 0.533. The highest BCUT2D eigenvalue weighted by molar-refractivity contribution is 8.31. The van der Waals surface area contributed by atoms with Gasteiger partial charge in [-0.25, -0.2) is 0 Å². The van der Waals surface area contributed by atoms with E-state index in [-0.39, 0.29) is 16.4 Å². The van der Waals surface area contributed by atoms with E-state index in [2.05, 4.69) is 3.63 Å². The van der Waals surface area contributed by atoms with Gasteiger partial charge in [0.15, 0.2) is 5.78 Å².